The first-order valence-electron chi connectivity index (χ1n) is 12.0. The lowest BCUT2D eigenvalue weighted by Crippen LogP contribution is -2.40. The van der Waals surface area contributed by atoms with Crippen LogP contribution >= 0.6 is 23.7 Å². The Labute approximate surface area is 224 Å². The van der Waals surface area contributed by atoms with Crippen LogP contribution in [0.5, 0.6) is 5.75 Å². The number of nitrogens with zero attached hydrogens (tertiary/aromatic N) is 3. The average Bonchev–Trinajstić information content (AvgIpc) is 3.33. The molecule has 5 aromatic rings. The van der Waals surface area contributed by atoms with E-state index in [-0.39, 0.29) is 18.0 Å². The van der Waals surface area contributed by atoms with Crippen LogP contribution < -0.4 is 15.3 Å². The number of aromatic nitrogens is 1. The minimum atomic E-state index is -0.654. The van der Waals surface area contributed by atoms with E-state index in [9.17, 15) is 9.59 Å². The molecule has 0 radical (unpaired) electrons. The number of thiazole rings is 1. The van der Waals surface area contributed by atoms with Crippen molar-refractivity contribution in [2.75, 3.05) is 38.2 Å². The summed E-state index contributed by atoms with van der Waals surface area (Å²) in [6.45, 7) is 6.94. The SMILES string of the molecule is CCN(CC)CCN(C(=O)c1cc2c(ccc3ccccc32)oc1=O)c1nc2cc(OC)ccc2s1.Cl. The number of ether oxygens (including phenoxy) is 1. The third-order valence-electron chi connectivity index (χ3n) is 6.47. The summed E-state index contributed by atoms with van der Waals surface area (Å²) in [4.78, 5) is 35.5. The van der Waals surface area contributed by atoms with E-state index in [1.165, 1.54) is 11.3 Å². The Morgan fingerprint density at radius 1 is 1.00 bits per heavy atom. The predicted molar refractivity (Wildman–Crippen MR) is 153 cm³/mol. The van der Waals surface area contributed by atoms with Crippen LogP contribution in [0.1, 0.15) is 24.2 Å². The van der Waals surface area contributed by atoms with E-state index in [0.717, 1.165) is 39.5 Å². The summed E-state index contributed by atoms with van der Waals surface area (Å²) >= 11 is 1.41. The molecule has 0 aliphatic rings. The number of amides is 1. The molecule has 0 unspecified atom stereocenters. The van der Waals surface area contributed by atoms with Crippen LogP contribution in [0.25, 0.3) is 32.0 Å². The third kappa shape index (κ3) is 5.18. The van der Waals surface area contributed by atoms with Gasteiger partial charge in [-0.1, -0.05) is 55.5 Å². The minimum absolute atomic E-state index is 0. The fourth-order valence-corrected chi connectivity index (χ4v) is 5.34. The van der Waals surface area contributed by atoms with Crippen molar-refractivity contribution in [1.29, 1.82) is 0 Å². The molecule has 0 aliphatic carbocycles. The van der Waals surface area contributed by atoms with E-state index in [0.29, 0.717) is 29.6 Å². The number of rotatable bonds is 8. The van der Waals surface area contributed by atoms with E-state index < -0.39 is 11.5 Å². The van der Waals surface area contributed by atoms with E-state index in [1.54, 1.807) is 24.1 Å². The number of methoxy groups -OCH3 is 1. The molecule has 5 rings (SSSR count). The van der Waals surface area contributed by atoms with Crippen molar-refractivity contribution in [3.63, 3.8) is 0 Å². The maximum Gasteiger partial charge on any atom is 0.349 e. The van der Waals surface area contributed by atoms with Crippen LogP contribution in [0.15, 0.2) is 69.9 Å². The number of carbonyl (C=O) groups is 1. The highest BCUT2D eigenvalue weighted by Crippen LogP contribution is 2.32. The molecule has 2 aromatic heterocycles. The van der Waals surface area contributed by atoms with Crippen molar-refractivity contribution in [1.82, 2.24) is 9.88 Å². The summed E-state index contributed by atoms with van der Waals surface area (Å²) in [7, 11) is 1.61. The Balaban J connectivity index is 0.00000320. The Kier molecular flexibility index (Phi) is 8.12. The molecule has 0 saturated heterocycles. The number of anilines is 1. The maximum atomic E-state index is 13.9. The number of carbonyl (C=O) groups excluding carboxylic acids is 1. The van der Waals surface area contributed by atoms with Crippen molar-refractivity contribution < 1.29 is 13.9 Å². The number of likely N-dealkylation sites (N-methyl/N-ethyl adjacent to an activating group) is 1. The molecule has 0 saturated carbocycles. The molecule has 1 amide bonds. The zero-order valence-corrected chi connectivity index (χ0v) is 22.5. The zero-order chi connectivity index (χ0) is 25.2. The molecule has 192 valence electrons. The highest BCUT2D eigenvalue weighted by molar-refractivity contribution is 7.22. The lowest BCUT2D eigenvalue weighted by atomic mass is 10.0. The molecule has 0 fully saturated rings. The molecule has 0 spiro atoms. The van der Waals surface area contributed by atoms with Crippen LogP contribution in [-0.4, -0.2) is 49.1 Å². The quantitative estimate of drug-likeness (QED) is 0.179. The van der Waals surface area contributed by atoms with Crippen molar-refractivity contribution in [2.45, 2.75) is 13.8 Å². The average molecular weight is 538 g/mol. The molecule has 2 heterocycles. The molecular formula is C28H28ClN3O4S. The van der Waals surface area contributed by atoms with Gasteiger partial charge in [-0.3, -0.25) is 9.69 Å². The zero-order valence-electron chi connectivity index (χ0n) is 20.9. The summed E-state index contributed by atoms with van der Waals surface area (Å²) < 4.78 is 11.9. The monoisotopic (exact) mass is 537 g/mol. The maximum absolute atomic E-state index is 13.9. The molecule has 7 nitrogen and oxygen atoms in total. The Morgan fingerprint density at radius 2 is 1.78 bits per heavy atom. The molecule has 0 atom stereocenters. The molecular weight excluding hydrogens is 510 g/mol. The van der Waals surface area contributed by atoms with E-state index in [4.69, 9.17) is 14.1 Å². The highest BCUT2D eigenvalue weighted by Gasteiger charge is 2.25. The summed E-state index contributed by atoms with van der Waals surface area (Å²) in [6.07, 6.45) is 0. The molecule has 0 N–H and O–H groups in total. The Bertz CT molecular complexity index is 1630. The van der Waals surface area contributed by atoms with Crippen LogP contribution in [-0.2, 0) is 0 Å². The van der Waals surface area contributed by atoms with E-state index in [1.807, 2.05) is 48.5 Å². The minimum Gasteiger partial charge on any atom is -0.497 e. The van der Waals surface area contributed by atoms with Gasteiger partial charge in [0.2, 0.25) is 0 Å². The van der Waals surface area contributed by atoms with Gasteiger partial charge in [0.25, 0.3) is 5.91 Å². The summed E-state index contributed by atoms with van der Waals surface area (Å²) in [5.74, 6) is 0.277. The fourth-order valence-electron chi connectivity index (χ4n) is 4.37. The van der Waals surface area contributed by atoms with Gasteiger partial charge in [0.1, 0.15) is 16.9 Å². The van der Waals surface area contributed by atoms with Gasteiger partial charge < -0.3 is 14.1 Å². The molecule has 9 heteroatoms. The summed E-state index contributed by atoms with van der Waals surface area (Å²) in [5, 5.41) is 3.20. The van der Waals surface area contributed by atoms with Gasteiger partial charge in [-0.15, -0.1) is 12.4 Å². The van der Waals surface area contributed by atoms with Crippen molar-refractivity contribution >= 4 is 66.7 Å². The van der Waals surface area contributed by atoms with Gasteiger partial charge in [-0.05, 0) is 48.1 Å². The third-order valence-corrected chi connectivity index (χ3v) is 7.53. The smallest absolute Gasteiger partial charge is 0.349 e. The Morgan fingerprint density at radius 3 is 2.54 bits per heavy atom. The second-order valence-electron chi connectivity index (χ2n) is 8.46. The van der Waals surface area contributed by atoms with Gasteiger partial charge in [-0.25, -0.2) is 9.78 Å². The van der Waals surface area contributed by atoms with Crippen LogP contribution in [0, 0.1) is 0 Å². The first-order chi connectivity index (χ1) is 17.5. The molecule has 0 bridgehead atoms. The van der Waals surface area contributed by atoms with Gasteiger partial charge in [-0.2, -0.15) is 0 Å². The Hall–Kier alpha value is -3.46. The first-order valence-corrected chi connectivity index (χ1v) is 12.8. The fraction of sp³-hybridized carbons (Fsp3) is 0.250. The second-order valence-corrected chi connectivity index (χ2v) is 9.47. The van der Waals surface area contributed by atoms with Gasteiger partial charge in [0.05, 0.1) is 17.3 Å². The number of fused-ring (bicyclic) bond motifs is 4. The number of hydrogen-bond acceptors (Lipinski definition) is 7. The van der Waals surface area contributed by atoms with Gasteiger partial charge >= 0.3 is 5.63 Å². The lowest BCUT2D eigenvalue weighted by molar-refractivity contribution is 0.0980. The van der Waals surface area contributed by atoms with Crippen LogP contribution in [0.4, 0.5) is 5.13 Å². The summed E-state index contributed by atoms with van der Waals surface area (Å²) in [5.41, 5.74) is 0.539. The lowest BCUT2D eigenvalue weighted by Gasteiger charge is -2.24. The predicted octanol–water partition coefficient (Wildman–Crippen LogP) is 5.97. The van der Waals surface area contributed by atoms with Gasteiger partial charge in [0, 0.05) is 24.5 Å². The topological polar surface area (TPSA) is 75.9 Å². The standard InChI is InChI=1S/C28H27N3O4S.ClH/c1-4-30(5-2)14-15-31(28-29-23-16-19(34-3)11-13-25(23)36-28)26(32)22-17-21-20-9-7-6-8-18(20)10-12-24(21)35-27(22)33;/h6-13,16-17H,4-5,14-15H2,1-3H3;1H. The highest BCUT2D eigenvalue weighted by atomic mass is 35.5. The van der Waals surface area contributed by atoms with Crippen molar-refractivity contribution in [3.05, 3.63) is 76.6 Å². The largest absolute Gasteiger partial charge is 0.497 e. The second kappa shape index (κ2) is 11.3. The number of halogens is 1. The van der Waals surface area contributed by atoms with E-state index >= 15 is 0 Å². The molecule has 37 heavy (non-hydrogen) atoms. The van der Waals surface area contributed by atoms with Crippen LogP contribution in [0.2, 0.25) is 0 Å². The number of benzene rings is 3. The van der Waals surface area contributed by atoms with Crippen molar-refractivity contribution in [2.24, 2.45) is 0 Å². The van der Waals surface area contributed by atoms with Crippen LogP contribution in [0.3, 0.4) is 0 Å². The first kappa shape index (κ1) is 26.6. The molecule has 0 aliphatic heterocycles. The summed E-state index contributed by atoms with van der Waals surface area (Å²) in [6, 6.07) is 18.8. The van der Waals surface area contributed by atoms with Crippen molar-refractivity contribution in [3.8, 4) is 5.75 Å². The normalized spacial score (nSPS) is 11.2. The number of hydrogen-bond donors (Lipinski definition) is 0. The molecule has 3 aromatic carbocycles. The van der Waals surface area contributed by atoms with Gasteiger partial charge in [0.15, 0.2) is 5.13 Å². The van der Waals surface area contributed by atoms with E-state index in [2.05, 4.69) is 18.7 Å².